The largest absolute Gasteiger partial charge is 1.00 e. The summed E-state index contributed by atoms with van der Waals surface area (Å²) in [5.41, 5.74) is 0. The standard InChI is InChI=1S/C14H22NO4S.HI/c1-9(16)20-11-6-8-18-14(17)12-10-5-3-4-7-15(10,2)19-13(11)12;/h10-13H,3-8H2,1-2H3;1H/q+1;/p-1/t10-,11+,12-,13-,15?;/m1./s1. The Kier molecular flexibility index (Phi) is 5.60. The van der Waals surface area contributed by atoms with Gasteiger partial charge in [-0.2, -0.15) is 9.48 Å². The molecule has 120 valence electrons. The first kappa shape index (κ1) is 17.5. The first-order chi connectivity index (χ1) is 9.51. The molecular weight excluding hydrogens is 405 g/mol. The average molecular weight is 427 g/mol. The maximum absolute atomic E-state index is 12.3. The Labute approximate surface area is 146 Å². The van der Waals surface area contributed by atoms with Crippen molar-refractivity contribution in [3.05, 3.63) is 0 Å². The van der Waals surface area contributed by atoms with Crippen LogP contribution in [0.25, 0.3) is 0 Å². The first-order valence-electron chi connectivity index (χ1n) is 7.39. The molecule has 0 amide bonds. The molecule has 3 fully saturated rings. The zero-order valence-corrected chi connectivity index (χ0v) is 15.4. The molecule has 5 atom stereocenters. The van der Waals surface area contributed by atoms with Gasteiger partial charge in [-0.3, -0.25) is 9.59 Å². The number of carbonyl (C=O) groups is 2. The molecule has 0 saturated carbocycles. The molecule has 0 aromatic heterocycles. The number of quaternary nitrogens is 1. The minimum Gasteiger partial charge on any atom is -1.00 e. The van der Waals surface area contributed by atoms with E-state index in [1.165, 1.54) is 11.8 Å². The van der Waals surface area contributed by atoms with Crippen LogP contribution < -0.4 is 24.0 Å². The highest BCUT2D eigenvalue weighted by molar-refractivity contribution is 8.14. The van der Waals surface area contributed by atoms with Gasteiger partial charge in [-0.05, 0) is 19.3 Å². The predicted octanol–water partition coefficient (Wildman–Crippen LogP) is -1.49. The van der Waals surface area contributed by atoms with Gasteiger partial charge in [-0.1, -0.05) is 11.8 Å². The molecule has 3 rings (SSSR count). The van der Waals surface area contributed by atoms with Crippen LogP contribution in [0.3, 0.4) is 0 Å². The Bertz CT molecular complexity index is 435. The second-order valence-corrected chi connectivity index (χ2v) is 7.58. The van der Waals surface area contributed by atoms with Crippen LogP contribution in [0.1, 0.15) is 32.6 Å². The number of piperidine rings is 1. The summed E-state index contributed by atoms with van der Waals surface area (Å²) in [4.78, 5) is 30.1. The van der Waals surface area contributed by atoms with Crippen LogP contribution in [-0.4, -0.2) is 53.3 Å². The van der Waals surface area contributed by atoms with E-state index in [0.29, 0.717) is 17.7 Å². The number of fused-ring (bicyclic) bond motifs is 3. The van der Waals surface area contributed by atoms with Gasteiger partial charge in [0.05, 0.1) is 13.7 Å². The number of thioether (sulfide) groups is 1. The summed E-state index contributed by atoms with van der Waals surface area (Å²) in [6, 6.07) is 0.189. The Balaban J connectivity index is 0.00000161. The fourth-order valence-corrected chi connectivity index (χ4v) is 4.89. The van der Waals surface area contributed by atoms with E-state index in [4.69, 9.17) is 9.57 Å². The smallest absolute Gasteiger partial charge is 0.318 e. The van der Waals surface area contributed by atoms with Crippen molar-refractivity contribution < 1.29 is 47.8 Å². The fraction of sp³-hybridized carbons (Fsp3) is 0.857. The van der Waals surface area contributed by atoms with Crippen LogP contribution >= 0.6 is 11.8 Å². The topological polar surface area (TPSA) is 52.6 Å². The van der Waals surface area contributed by atoms with Gasteiger partial charge in [0.15, 0.2) is 5.12 Å². The molecule has 3 aliphatic rings. The van der Waals surface area contributed by atoms with Gasteiger partial charge in [-0.25, -0.2) is 0 Å². The average Bonchev–Trinajstić information content (AvgIpc) is 2.62. The van der Waals surface area contributed by atoms with E-state index >= 15 is 0 Å². The van der Waals surface area contributed by atoms with Gasteiger partial charge in [0.1, 0.15) is 24.6 Å². The minimum atomic E-state index is -0.209. The molecule has 21 heavy (non-hydrogen) atoms. The normalized spacial score (nSPS) is 42.1. The lowest BCUT2D eigenvalue weighted by atomic mass is 9.87. The van der Waals surface area contributed by atoms with E-state index < -0.39 is 0 Å². The molecule has 1 unspecified atom stereocenters. The number of halogens is 1. The molecule has 5 nitrogen and oxygen atoms in total. The molecule has 3 saturated heterocycles. The van der Waals surface area contributed by atoms with Gasteiger partial charge in [0, 0.05) is 18.6 Å². The minimum absolute atomic E-state index is 0. The summed E-state index contributed by atoms with van der Waals surface area (Å²) in [6.45, 7) is 2.92. The van der Waals surface area contributed by atoms with Crippen LogP contribution in [0.15, 0.2) is 0 Å². The molecule has 0 radical (unpaired) electrons. The molecule has 0 spiro atoms. The summed E-state index contributed by atoms with van der Waals surface area (Å²) in [5, 5.41) is 0.115. The van der Waals surface area contributed by atoms with Crippen molar-refractivity contribution in [2.45, 2.75) is 50.0 Å². The SMILES string of the molecule is CC(=O)S[C@H]1CCOC(=O)[C@H]2[C@@H]1O[N+]1(C)CCCC[C@H]21.[I-]. The van der Waals surface area contributed by atoms with Crippen molar-refractivity contribution in [3.8, 4) is 0 Å². The maximum atomic E-state index is 12.3. The van der Waals surface area contributed by atoms with Crippen molar-refractivity contribution in [2.24, 2.45) is 5.92 Å². The molecule has 0 bridgehead atoms. The van der Waals surface area contributed by atoms with Gasteiger partial charge < -0.3 is 28.7 Å². The number of nitrogens with zero attached hydrogens (tertiary/aromatic N) is 1. The second-order valence-electron chi connectivity index (χ2n) is 6.16. The summed E-state index contributed by atoms with van der Waals surface area (Å²) >= 11 is 1.31. The van der Waals surface area contributed by atoms with Gasteiger partial charge >= 0.3 is 5.97 Å². The number of hydroxylamine groups is 3. The summed E-state index contributed by atoms with van der Waals surface area (Å²) < 4.78 is 5.88. The summed E-state index contributed by atoms with van der Waals surface area (Å²) in [5.74, 6) is -0.338. The van der Waals surface area contributed by atoms with Gasteiger partial charge in [0.25, 0.3) is 0 Å². The number of cyclic esters (lactones) is 1. The third-order valence-corrected chi connectivity index (χ3v) is 5.93. The van der Waals surface area contributed by atoms with Crippen LogP contribution in [0.5, 0.6) is 0 Å². The maximum Gasteiger partial charge on any atom is 0.318 e. The van der Waals surface area contributed by atoms with E-state index in [9.17, 15) is 9.59 Å². The number of rotatable bonds is 1. The quantitative estimate of drug-likeness (QED) is 0.290. The Morgan fingerprint density at radius 2 is 2.10 bits per heavy atom. The number of hydrogen-bond donors (Lipinski definition) is 0. The molecule has 0 aromatic rings. The lowest BCUT2D eigenvalue weighted by molar-refractivity contribution is -1.10. The van der Waals surface area contributed by atoms with Crippen molar-refractivity contribution >= 4 is 22.8 Å². The first-order valence-corrected chi connectivity index (χ1v) is 8.27. The number of hydrogen-bond acceptors (Lipinski definition) is 5. The lowest BCUT2D eigenvalue weighted by Gasteiger charge is -2.36. The molecular formula is C14H22INO4S. The fourth-order valence-electron chi connectivity index (χ4n) is 3.90. The van der Waals surface area contributed by atoms with Crippen LogP contribution in [0, 0.1) is 5.92 Å². The van der Waals surface area contributed by atoms with E-state index in [-0.39, 0.29) is 58.4 Å². The van der Waals surface area contributed by atoms with E-state index in [1.807, 2.05) is 0 Å². The molecule has 0 aliphatic carbocycles. The predicted molar refractivity (Wildman–Crippen MR) is 74.7 cm³/mol. The van der Waals surface area contributed by atoms with E-state index in [1.54, 1.807) is 6.92 Å². The summed E-state index contributed by atoms with van der Waals surface area (Å²) in [6.07, 6.45) is 3.79. The van der Waals surface area contributed by atoms with Crippen LogP contribution in [0.4, 0.5) is 0 Å². The van der Waals surface area contributed by atoms with Gasteiger partial charge in [-0.15, -0.1) is 0 Å². The molecule has 7 heteroatoms. The third kappa shape index (κ3) is 3.25. The second kappa shape index (κ2) is 6.72. The molecule has 0 aromatic carbocycles. The van der Waals surface area contributed by atoms with E-state index in [0.717, 1.165) is 25.8 Å². The van der Waals surface area contributed by atoms with Gasteiger partial charge in [0.2, 0.25) is 0 Å². The van der Waals surface area contributed by atoms with Crippen molar-refractivity contribution in [1.82, 2.24) is 0 Å². The Hall–Kier alpha value is 0.140. The Morgan fingerprint density at radius 1 is 1.33 bits per heavy atom. The van der Waals surface area contributed by atoms with Crippen molar-refractivity contribution in [1.29, 1.82) is 0 Å². The van der Waals surface area contributed by atoms with Crippen LogP contribution in [-0.2, 0) is 19.2 Å². The Morgan fingerprint density at radius 3 is 2.81 bits per heavy atom. The van der Waals surface area contributed by atoms with Crippen molar-refractivity contribution in [2.75, 3.05) is 20.2 Å². The number of esters is 1. The van der Waals surface area contributed by atoms with Crippen LogP contribution in [0.2, 0.25) is 0 Å². The molecule has 3 aliphatic heterocycles. The summed E-state index contributed by atoms with van der Waals surface area (Å²) in [7, 11) is 2.07. The molecule has 3 heterocycles. The monoisotopic (exact) mass is 427 g/mol. The van der Waals surface area contributed by atoms with Crippen molar-refractivity contribution in [3.63, 3.8) is 0 Å². The lowest BCUT2D eigenvalue weighted by Crippen LogP contribution is -3.00. The zero-order chi connectivity index (χ0) is 14.3. The van der Waals surface area contributed by atoms with E-state index in [2.05, 4.69) is 7.05 Å². The number of carbonyl (C=O) groups excluding carboxylic acids is 2. The highest BCUT2D eigenvalue weighted by Crippen LogP contribution is 2.45. The zero-order valence-electron chi connectivity index (χ0n) is 12.4. The highest BCUT2D eigenvalue weighted by atomic mass is 127. The third-order valence-electron chi connectivity index (χ3n) is 4.79. The highest BCUT2D eigenvalue weighted by Gasteiger charge is 2.61. The molecule has 0 N–H and O–H groups in total. The number of ether oxygens (including phenoxy) is 1.